The number of anilines is 1. The third-order valence-electron chi connectivity index (χ3n) is 5.68. The molecule has 0 aliphatic heterocycles. The summed E-state index contributed by atoms with van der Waals surface area (Å²) in [5.41, 5.74) is 7.95. The first-order chi connectivity index (χ1) is 17.9. The third-order valence-corrected chi connectivity index (χ3v) is 5.68. The number of hydrogen-bond donors (Lipinski definition) is 1. The number of nitrogens with zero attached hydrogens (tertiary/aromatic N) is 9. The monoisotopic (exact) mass is 506 g/mol. The SMILES string of the molecule is CCC(c1cn(-c2ccccc2F)nn1)n1c(C#N)c(-c2cnc(OC(F)F)nc2)c2c(N)ncnc21. The number of aromatic nitrogens is 8. The average molecular weight is 506 g/mol. The average Bonchev–Trinajstić information content (AvgIpc) is 3.49. The minimum absolute atomic E-state index is 0.0908. The summed E-state index contributed by atoms with van der Waals surface area (Å²) in [6.45, 7) is -1.21. The van der Waals surface area contributed by atoms with Crippen molar-refractivity contribution in [3.63, 3.8) is 0 Å². The second kappa shape index (κ2) is 9.53. The van der Waals surface area contributed by atoms with Crippen molar-refractivity contribution in [1.82, 2.24) is 39.5 Å². The van der Waals surface area contributed by atoms with Gasteiger partial charge in [0.25, 0.3) is 0 Å². The van der Waals surface area contributed by atoms with Crippen LogP contribution in [0.1, 0.15) is 30.8 Å². The van der Waals surface area contributed by atoms with Crippen LogP contribution in [0.25, 0.3) is 27.8 Å². The van der Waals surface area contributed by atoms with Crippen LogP contribution in [-0.4, -0.2) is 46.1 Å². The summed E-state index contributed by atoms with van der Waals surface area (Å²) in [5, 5.41) is 18.9. The number of nitrogen functional groups attached to an aromatic ring is 1. The van der Waals surface area contributed by atoms with Gasteiger partial charge in [-0.3, -0.25) is 0 Å². The number of para-hydroxylation sites is 1. The van der Waals surface area contributed by atoms with Gasteiger partial charge in [-0.05, 0) is 18.6 Å². The molecule has 0 saturated heterocycles. The molecule has 11 nitrogen and oxygen atoms in total. The first-order valence-corrected chi connectivity index (χ1v) is 10.9. The minimum atomic E-state index is -3.09. The molecule has 1 aromatic carbocycles. The molecule has 2 N–H and O–H groups in total. The number of halogens is 3. The van der Waals surface area contributed by atoms with Crippen molar-refractivity contribution >= 4 is 16.9 Å². The predicted octanol–water partition coefficient (Wildman–Crippen LogP) is 3.66. The molecule has 4 aromatic heterocycles. The smallest absolute Gasteiger partial charge is 0.389 e. The lowest BCUT2D eigenvalue weighted by molar-refractivity contribution is -0.0560. The highest BCUT2D eigenvalue weighted by Gasteiger charge is 2.29. The molecule has 0 aliphatic rings. The van der Waals surface area contributed by atoms with Crippen molar-refractivity contribution in [1.29, 1.82) is 5.26 Å². The van der Waals surface area contributed by atoms with E-state index in [9.17, 15) is 18.4 Å². The zero-order valence-corrected chi connectivity index (χ0v) is 19.1. The number of alkyl halides is 2. The number of hydrogen-bond acceptors (Lipinski definition) is 9. The lowest BCUT2D eigenvalue weighted by Gasteiger charge is -2.16. The summed E-state index contributed by atoms with van der Waals surface area (Å²) in [5.74, 6) is -0.383. The van der Waals surface area contributed by atoms with Crippen molar-refractivity contribution in [3.05, 3.63) is 66.4 Å². The Labute approximate surface area is 207 Å². The molecule has 0 saturated carbocycles. The third kappa shape index (κ3) is 4.16. The van der Waals surface area contributed by atoms with Crippen LogP contribution in [-0.2, 0) is 0 Å². The maximum absolute atomic E-state index is 14.3. The molecule has 14 heteroatoms. The van der Waals surface area contributed by atoms with Crippen molar-refractivity contribution in [3.8, 4) is 28.9 Å². The lowest BCUT2D eigenvalue weighted by atomic mass is 10.1. The number of fused-ring (bicyclic) bond motifs is 1. The van der Waals surface area contributed by atoms with E-state index in [1.807, 2.05) is 6.92 Å². The number of benzene rings is 1. The highest BCUT2D eigenvalue weighted by atomic mass is 19.3. The van der Waals surface area contributed by atoms with Crippen LogP contribution in [0.5, 0.6) is 6.01 Å². The van der Waals surface area contributed by atoms with Crippen molar-refractivity contribution in [2.45, 2.75) is 26.0 Å². The maximum Gasteiger partial charge on any atom is 0.389 e. The van der Waals surface area contributed by atoms with Gasteiger partial charge in [0.2, 0.25) is 0 Å². The van der Waals surface area contributed by atoms with Crippen LogP contribution in [0.15, 0.2) is 49.2 Å². The number of ether oxygens (including phenoxy) is 1. The molecule has 186 valence electrons. The van der Waals surface area contributed by atoms with Gasteiger partial charge in [0.05, 0.1) is 17.6 Å². The highest BCUT2D eigenvalue weighted by molar-refractivity contribution is 6.03. The molecular formula is C23H17F3N10O. The molecule has 37 heavy (non-hydrogen) atoms. The van der Waals surface area contributed by atoms with E-state index in [1.54, 1.807) is 29.0 Å². The van der Waals surface area contributed by atoms with E-state index >= 15 is 0 Å². The minimum Gasteiger partial charge on any atom is -0.401 e. The van der Waals surface area contributed by atoms with E-state index in [0.717, 1.165) is 0 Å². The summed E-state index contributed by atoms with van der Waals surface area (Å²) < 4.78 is 46.6. The summed E-state index contributed by atoms with van der Waals surface area (Å²) in [7, 11) is 0. The van der Waals surface area contributed by atoms with Gasteiger partial charge in [-0.15, -0.1) is 5.10 Å². The van der Waals surface area contributed by atoms with Gasteiger partial charge in [-0.1, -0.05) is 24.3 Å². The fraction of sp³-hybridized carbons (Fsp3) is 0.174. The summed E-state index contributed by atoms with van der Waals surface area (Å²) >= 11 is 0. The van der Waals surface area contributed by atoms with E-state index in [1.165, 1.54) is 29.5 Å². The van der Waals surface area contributed by atoms with Gasteiger partial charge in [-0.2, -0.15) is 14.0 Å². The van der Waals surface area contributed by atoms with Crippen LogP contribution >= 0.6 is 0 Å². The molecule has 0 amide bonds. The van der Waals surface area contributed by atoms with Crippen LogP contribution < -0.4 is 10.5 Å². The predicted molar refractivity (Wildman–Crippen MR) is 124 cm³/mol. The van der Waals surface area contributed by atoms with Crippen LogP contribution in [0.2, 0.25) is 0 Å². The van der Waals surface area contributed by atoms with E-state index in [2.05, 4.69) is 41.1 Å². The second-order valence-electron chi connectivity index (χ2n) is 7.76. The Balaban J connectivity index is 1.68. The molecule has 0 radical (unpaired) electrons. The summed E-state index contributed by atoms with van der Waals surface area (Å²) in [4.78, 5) is 16.0. The molecule has 5 rings (SSSR count). The highest BCUT2D eigenvalue weighted by Crippen LogP contribution is 2.39. The quantitative estimate of drug-likeness (QED) is 0.349. The molecule has 5 aromatic rings. The van der Waals surface area contributed by atoms with Crippen molar-refractivity contribution in [2.75, 3.05) is 5.73 Å². The van der Waals surface area contributed by atoms with E-state index in [0.29, 0.717) is 34.3 Å². The van der Waals surface area contributed by atoms with Crippen molar-refractivity contribution < 1.29 is 17.9 Å². The molecule has 4 heterocycles. The standard InChI is InChI=1S/C23H17F3N10O/c1-2-15(14-10-35(34-33-14)16-6-4-3-5-13(16)24)36-17(7-27)18(19-20(28)31-11-32-21(19)36)12-8-29-23(30-9-12)37-22(25)26/h3-6,8-11,15,22H,2H2,1H3,(H2,28,31,32). The molecular weight excluding hydrogens is 489 g/mol. The van der Waals surface area contributed by atoms with E-state index in [4.69, 9.17) is 5.73 Å². The van der Waals surface area contributed by atoms with Gasteiger partial charge in [0, 0.05) is 23.5 Å². The Morgan fingerprint density at radius 1 is 1.14 bits per heavy atom. The van der Waals surface area contributed by atoms with Gasteiger partial charge in [0.1, 0.15) is 46.8 Å². The Bertz CT molecular complexity index is 1620. The zero-order valence-electron chi connectivity index (χ0n) is 19.1. The van der Waals surface area contributed by atoms with Gasteiger partial charge in [-0.25, -0.2) is 29.0 Å². The first kappa shape index (κ1) is 23.7. The first-order valence-electron chi connectivity index (χ1n) is 10.9. The molecule has 0 bridgehead atoms. The Morgan fingerprint density at radius 2 is 1.89 bits per heavy atom. The summed E-state index contributed by atoms with van der Waals surface area (Å²) in [6, 6.07) is 7.22. The van der Waals surface area contributed by atoms with E-state index in [-0.39, 0.29) is 17.2 Å². The molecule has 0 aliphatic carbocycles. The van der Waals surface area contributed by atoms with E-state index < -0.39 is 24.5 Å². The van der Waals surface area contributed by atoms with Gasteiger partial charge < -0.3 is 15.0 Å². The van der Waals surface area contributed by atoms with Crippen molar-refractivity contribution in [2.24, 2.45) is 0 Å². The number of nitrogens with two attached hydrogens (primary N) is 1. The maximum atomic E-state index is 14.3. The lowest BCUT2D eigenvalue weighted by Crippen LogP contribution is -2.13. The number of nitriles is 1. The normalized spacial score (nSPS) is 12.1. The van der Waals surface area contributed by atoms with Gasteiger partial charge in [0.15, 0.2) is 0 Å². The van der Waals surface area contributed by atoms with Gasteiger partial charge >= 0.3 is 12.6 Å². The Hall–Kier alpha value is -5.06. The molecule has 1 unspecified atom stereocenters. The molecule has 0 fully saturated rings. The van der Waals surface area contributed by atoms with Crippen LogP contribution in [0.3, 0.4) is 0 Å². The van der Waals surface area contributed by atoms with Crippen LogP contribution in [0.4, 0.5) is 19.0 Å². The summed E-state index contributed by atoms with van der Waals surface area (Å²) in [6.07, 6.45) is 5.77. The number of rotatable bonds is 7. The Morgan fingerprint density at radius 3 is 2.57 bits per heavy atom. The Kier molecular flexibility index (Phi) is 6.10. The fourth-order valence-corrected chi connectivity index (χ4v) is 4.15. The van der Waals surface area contributed by atoms with Crippen LogP contribution in [0, 0.1) is 17.1 Å². The molecule has 0 spiro atoms. The largest absolute Gasteiger partial charge is 0.401 e. The topological polar surface area (TPSA) is 146 Å². The zero-order chi connectivity index (χ0) is 26.1. The molecule has 1 atom stereocenters. The fourth-order valence-electron chi connectivity index (χ4n) is 4.15. The second-order valence-corrected chi connectivity index (χ2v) is 7.76.